The molecule has 0 spiro atoms. The minimum absolute atomic E-state index is 0.121. The number of aliphatic hydroxyl groups excluding tert-OH is 1. The molecule has 3 heterocycles. The normalized spacial score (nSPS) is 16.4. The second-order valence-electron chi connectivity index (χ2n) is 8.22. The van der Waals surface area contributed by atoms with E-state index >= 15 is 0 Å². The molecule has 8 nitrogen and oxygen atoms in total. The van der Waals surface area contributed by atoms with Gasteiger partial charge in [0.15, 0.2) is 5.65 Å². The average molecular weight is 456 g/mol. The molecule has 0 aliphatic carbocycles. The van der Waals surface area contributed by atoms with E-state index in [-0.39, 0.29) is 24.3 Å². The van der Waals surface area contributed by atoms with Crippen molar-refractivity contribution in [2.75, 3.05) is 26.2 Å². The van der Waals surface area contributed by atoms with E-state index in [0.29, 0.717) is 47.6 Å². The molecular formula is C26H25N5O3. The van der Waals surface area contributed by atoms with Crippen LogP contribution in [0.25, 0.3) is 34.4 Å². The molecule has 0 saturated carbocycles. The number of phenols is 1. The molecule has 34 heavy (non-hydrogen) atoms. The first kappa shape index (κ1) is 21.8. The number of aromatic amines is 1. The highest BCUT2D eigenvalue weighted by atomic mass is 16.3. The molecule has 4 N–H and O–H groups in total. The number of rotatable bonds is 5. The van der Waals surface area contributed by atoms with Gasteiger partial charge in [-0.15, -0.1) is 0 Å². The lowest BCUT2D eigenvalue weighted by atomic mass is 10.0. The molecule has 1 atom stereocenters. The van der Waals surface area contributed by atoms with Crippen molar-refractivity contribution in [3.8, 4) is 17.0 Å². The molecule has 2 aromatic carbocycles. The summed E-state index contributed by atoms with van der Waals surface area (Å²) in [5.41, 5.74) is 3.95. The molecule has 4 aromatic rings. The van der Waals surface area contributed by atoms with Crippen molar-refractivity contribution in [2.45, 2.75) is 6.04 Å². The molecule has 1 aliphatic rings. The Bertz CT molecular complexity index is 1330. The maximum atomic E-state index is 13.8. The van der Waals surface area contributed by atoms with Gasteiger partial charge in [0.1, 0.15) is 5.75 Å². The number of hydrogen-bond donors (Lipinski definition) is 4. The zero-order chi connectivity index (χ0) is 23.5. The third-order valence-electron chi connectivity index (χ3n) is 6.01. The quantitative estimate of drug-likeness (QED) is 0.368. The van der Waals surface area contributed by atoms with Gasteiger partial charge < -0.3 is 20.4 Å². The molecule has 1 saturated heterocycles. The van der Waals surface area contributed by atoms with E-state index in [1.807, 2.05) is 42.5 Å². The summed E-state index contributed by atoms with van der Waals surface area (Å²) in [6.45, 7) is 1.57. The van der Waals surface area contributed by atoms with E-state index in [1.54, 1.807) is 35.2 Å². The van der Waals surface area contributed by atoms with Gasteiger partial charge in [-0.2, -0.15) is 5.10 Å². The molecule has 1 fully saturated rings. The highest BCUT2D eigenvalue weighted by molar-refractivity contribution is 6.09. The molecule has 172 valence electrons. The summed E-state index contributed by atoms with van der Waals surface area (Å²) < 4.78 is 0. The summed E-state index contributed by atoms with van der Waals surface area (Å²) in [6.07, 6.45) is 3.81. The van der Waals surface area contributed by atoms with E-state index in [4.69, 9.17) is 4.98 Å². The second-order valence-corrected chi connectivity index (χ2v) is 8.22. The topological polar surface area (TPSA) is 114 Å². The van der Waals surface area contributed by atoms with Gasteiger partial charge in [0.05, 0.1) is 35.0 Å². The first-order chi connectivity index (χ1) is 16.6. The summed E-state index contributed by atoms with van der Waals surface area (Å²) in [5, 5.41) is 30.8. The molecule has 2 aromatic heterocycles. The summed E-state index contributed by atoms with van der Waals surface area (Å²) in [6, 6.07) is 18.0. The average Bonchev–Trinajstić information content (AvgIpc) is 3.30. The number of carbonyl (C=O) groups is 1. The molecule has 0 unspecified atom stereocenters. The van der Waals surface area contributed by atoms with Crippen LogP contribution < -0.4 is 5.32 Å². The summed E-state index contributed by atoms with van der Waals surface area (Å²) in [7, 11) is 0. The number of nitrogens with zero attached hydrogens (tertiary/aromatic N) is 3. The zero-order valence-electron chi connectivity index (χ0n) is 18.5. The maximum Gasteiger partial charge on any atom is 0.255 e. The number of benzene rings is 2. The van der Waals surface area contributed by atoms with Gasteiger partial charge in [-0.1, -0.05) is 36.4 Å². The number of phenolic OH excluding ortho intramolecular Hbond substituents is 1. The standard InChI is InChI=1S/C26H25N5O3/c32-16-19-15-27-12-13-31(19)26(34)21-14-23(18-7-9-20(33)10-8-18)28-25-24(21)22(29-30-25)11-6-17-4-2-1-3-5-17/h1-11,14,19,27,32-33H,12-13,15-16H2,(H,28,29,30)/t19-/m1/s1. The summed E-state index contributed by atoms with van der Waals surface area (Å²) >= 11 is 0. The van der Waals surface area contributed by atoms with Gasteiger partial charge >= 0.3 is 0 Å². The minimum Gasteiger partial charge on any atom is -0.508 e. The molecule has 8 heteroatoms. The number of nitrogens with one attached hydrogen (secondary N) is 2. The fraction of sp³-hybridized carbons (Fsp3) is 0.192. The predicted octanol–water partition coefficient (Wildman–Crippen LogP) is 2.91. The SMILES string of the molecule is O=C(c1cc(-c2ccc(O)cc2)nc2[nH]nc(C=Cc3ccccc3)c12)N1CCNC[C@@H]1CO. The van der Waals surface area contributed by atoms with Gasteiger partial charge in [0, 0.05) is 25.2 Å². The van der Waals surface area contributed by atoms with Gasteiger partial charge in [0.2, 0.25) is 0 Å². The van der Waals surface area contributed by atoms with Crippen LogP contribution in [-0.2, 0) is 0 Å². The minimum atomic E-state index is -0.309. The van der Waals surface area contributed by atoms with Crippen LogP contribution in [0.4, 0.5) is 0 Å². The van der Waals surface area contributed by atoms with Crippen LogP contribution in [0.1, 0.15) is 21.6 Å². The van der Waals surface area contributed by atoms with E-state index in [0.717, 1.165) is 11.1 Å². The predicted molar refractivity (Wildman–Crippen MR) is 131 cm³/mol. The second kappa shape index (κ2) is 9.46. The van der Waals surface area contributed by atoms with Gasteiger partial charge in [0.25, 0.3) is 5.91 Å². The third kappa shape index (κ3) is 4.28. The highest BCUT2D eigenvalue weighted by Gasteiger charge is 2.29. The van der Waals surface area contributed by atoms with Crippen LogP contribution in [0.5, 0.6) is 5.75 Å². The largest absolute Gasteiger partial charge is 0.508 e. The molecule has 1 aliphatic heterocycles. The number of H-pyrrole nitrogens is 1. The Balaban J connectivity index is 1.64. The number of hydrogen-bond acceptors (Lipinski definition) is 6. The first-order valence-corrected chi connectivity index (χ1v) is 11.2. The Morgan fingerprint density at radius 3 is 2.68 bits per heavy atom. The highest BCUT2D eigenvalue weighted by Crippen LogP contribution is 2.29. The first-order valence-electron chi connectivity index (χ1n) is 11.2. The van der Waals surface area contributed by atoms with Crippen molar-refractivity contribution in [3.63, 3.8) is 0 Å². The lowest BCUT2D eigenvalue weighted by molar-refractivity contribution is 0.0538. The van der Waals surface area contributed by atoms with Crippen LogP contribution in [0.15, 0.2) is 60.7 Å². The van der Waals surface area contributed by atoms with Crippen molar-refractivity contribution in [1.29, 1.82) is 0 Å². The summed E-state index contributed by atoms with van der Waals surface area (Å²) in [4.78, 5) is 20.2. The fourth-order valence-electron chi connectivity index (χ4n) is 4.21. The Hall–Kier alpha value is -4.01. The number of aromatic nitrogens is 3. The lowest BCUT2D eigenvalue weighted by Crippen LogP contribution is -2.55. The molecule has 5 rings (SSSR count). The van der Waals surface area contributed by atoms with Gasteiger partial charge in [-0.3, -0.25) is 9.89 Å². The van der Waals surface area contributed by atoms with E-state index in [2.05, 4.69) is 15.5 Å². The monoisotopic (exact) mass is 455 g/mol. The van der Waals surface area contributed by atoms with Crippen LogP contribution in [0.2, 0.25) is 0 Å². The van der Waals surface area contributed by atoms with Crippen molar-refractivity contribution in [2.24, 2.45) is 0 Å². The van der Waals surface area contributed by atoms with E-state index in [1.165, 1.54) is 0 Å². The Labute approximate surface area is 196 Å². The molecule has 0 radical (unpaired) electrons. The van der Waals surface area contributed by atoms with Crippen molar-refractivity contribution in [3.05, 3.63) is 77.5 Å². The van der Waals surface area contributed by atoms with Crippen molar-refractivity contribution in [1.82, 2.24) is 25.4 Å². The van der Waals surface area contributed by atoms with Gasteiger partial charge in [-0.25, -0.2) is 4.98 Å². The lowest BCUT2D eigenvalue weighted by Gasteiger charge is -2.35. The molecular weight excluding hydrogens is 430 g/mol. The number of amides is 1. The smallest absolute Gasteiger partial charge is 0.255 e. The van der Waals surface area contributed by atoms with E-state index < -0.39 is 0 Å². The Kier molecular flexibility index (Phi) is 6.07. The van der Waals surface area contributed by atoms with Crippen LogP contribution in [0.3, 0.4) is 0 Å². The fourth-order valence-corrected chi connectivity index (χ4v) is 4.21. The van der Waals surface area contributed by atoms with Gasteiger partial charge in [-0.05, 0) is 42.0 Å². The number of aliphatic hydroxyl groups is 1. The van der Waals surface area contributed by atoms with Crippen LogP contribution in [-0.4, -0.2) is 68.5 Å². The molecule has 0 bridgehead atoms. The molecule has 1 amide bonds. The summed E-state index contributed by atoms with van der Waals surface area (Å²) in [5.74, 6) is -0.0219. The Morgan fingerprint density at radius 1 is 1.12 bits per heavy atom. The zero-order valence-corrected chi connectivity index (χ0v) is 18.5. The number of aromatic hydroxyl groups is 1. The number of piperazine rings is 1. The van der Waals surface area contributed by atoms with Crippen LogP contribution in [0, 0.1) is 0 Å². The number of fused-ring (bicyclic) bond motifs is 1. The van der Waals surface area contributed by atoms with Crippen molar-refractivity contribution < 1.29 is 15.0 Å². The van der Waals surface area contributed by atoms with Crippen LogP contribution >= 0.6 is 0 Å². The van der Waals surface area contributed by atoms with E-state index in [9.17, 15) is 15.0 Å². The number of pyridine rings is 1. The third-order valence-corrected chi connectivity index (χ3v) is 6.01. The van der Waals surface area contributed by atoms with Crippen molar-refractivity contribution >= 4 is 29.1 Å². The Morgan fingerprint density at radius 2 is 1.91 bits per heavy atom. The maximum absolute atomic E-state index is 13.8. The number of carbonyl (C=O) groups excluding carboxylic acids is 1.